The van der Waals surface area contributed by atoms with E-state index in [0.29, 0.717) is 4.73 Å². The fourth-order valence-electron chi connectivity index (χ4n) is 3.02. The molecule has 2 aromatic rings. The van der Waals surface area contributed by atoms with Crippen LogP contribution in [0.1, 0.15) is 34.1 Å². The molecule has 1 aromatic carbocycles. The number of carbonyl (C=O) groups excluding carboxylic acids is 1. The largest absolute Gasteiger partial charge is 0.618 e. The molecule has 132 valence electrons. The van der Waals surface area contributed by atoms with Gasteiger partial charge in [-0.1, -0.05) is 12.1 Å². The monoisotopic (exact) mass is 352 g/mol. The van der Waals surface area contributed by atoms with Crippen LogP contribution in [0.25, 0.3) is 0 Å². The summed E-state index contributed by atoms with van der Waals surface area (Å²) in [6.45, 7) is -0.0470. The summed E-state index contributed by atoms with van der Waals surface area (Å²) < 4.78 is 39.2. The Morgan fingerprint density at radius 3 is 2.68 bits per heavy atom. The van der Waals surface area contributed by atoms with Gasteiger partial charge in [0.1, 0.15) is 0 Å². The number of pyridine rings is 1. The zero-order valence-corrected chi connectivity index (χ0v) is 13.0. The summed E-state index contributed by atoms with van der Waals surface area (Å²) in [4.78, 5) is 13.9. The number of aliphatic hydroxyl groups is 1. The van der Waals surface area contributed by atoms with Crippen LogP contribution in [-0.2, 0) is 6.18 Å². The number of aromatic nitrogens is 1. The normalized spacial score (nSPS) is 20.7. The van der Waals surface area contributed by atoms with Crippen molar-refractivity contribution >= 4 is 5.91 Å². The highest BCUT2D eigenvalue weighted by molar-refractivity contribution is 5.91. The van der Waals surface area contributed by atoms with Crippen LogP contribution in [0, 0.1) is 5.21 Å². The van der Waals surface area contributed by atoms with Gasteiger partial charge in [-0.05, 0) is 30.2 Å². The number of rotatable bonds is 2. The third kappa shape index (κ3) is 3.43. The number of carbonyl (C=O) groups is 1. The predicted molar refractivity (Wildman–Crippen MR) is 81.2 cm³/mol. The second-order valence-corrected chi connectivity index (χ2v) is 5.90. The van der Waals surface area contributed by atoms with Crippen LogP contribution in [0.15, 0.2) is 48.7 Å². The van der Waals surface area contributed by atoms with Crippen LogP contribution in [0.5, 0.6) is 0 Å². The van der Waals surface area contributed by atoms with Gasteiger partial charge in [-0.25, -0.2) is 0 Å². The lowest BCUT2D eigenvalue weighted by molar-refractivity contribution is -0.608. The molecule has 0 spiro atoms. The second-order valence-electron chi connectivity index (χ2n) is 5.90. The average Bonchev–Trinajstić information content (AvgIpc) is 2.96. The first-order valence-corrected chi connectivity index (χ1v) is 7.62. The zero-order valence-electron chi connectivity index (χ0n) is 13.0. The van der Waals surface area contributed by atoms with Crippen molar-refractivity contribution in [2.75, 3.05) is 6.54 Å². The summed E-state index contributed by atoms with van der Waals surface area (Å²) in [5.41, 5.74) is -0.695. The maximum atomic E-state index is 12.9. The van der Waals surface area contributed by atoms with Crippen molar-refractivity contribution in [3.05, 3.63) is 70.7 Å². The molecule has 1 aliphatic rings. The van der Waals surface area contributed by atoms with Crippen molar-refractivity contribution in [2.45, 2.75) is 24.7 Å². The van der Waals surface area contributed by atoms with Gasteiger partial charge in [0.15, 0.2) is 6.20 Å². The number of β-amino-alcohol motifs (C(OH)–C–C–N with tert-alkyl or cyclic N) is 1. The maximum Gasteiger partial charge on any atom is 0.416 e. The third-order valence-corrected chi connectivity index (χ3v) is 4.18. The molecule has 1 saturated heterocycles. The highest BCUT2D eigenvalue weighted by Crippen LogP contribution is 2.36. The van der Waals surface area contributed by atoms with Gasteiger partial charge in [0.05, 0.1) is 17.7 Å². The minimum atomic E-state index is -4.50. The molecular weight excluding hydrogens is 337 g/mol. The smallest absolute Gasteiger partial charge is 0.416 e. The number of nitrogens with zero attached hydrogens (tertiary/aromatic N) is 2. The minimum absolute atomic E-state index is 0.0470. The Morgan fingerprint density at radius 2 is 2.00 bits per heavy atom. The van der Waals surface area contributed by atoms with Crippen molar-refractivity contribution in [1.29, 1.82) is 0 Å². The zero-order chi connectivity index (χ0) is 18.2. The SMILES string of the molecule is O=C(c1cccc[n+]1[O-])N1C[C@@H](O)C[C@@H]1c1cccc(C(F)(F)F)c1. The number of alkyl halides is 3. The van der Waals surface area contributed by atoms with E-state index in [-0.39, 0.29) is 24.2 Å². The third-order valence-electron chi connectivity index (χ3n) is 4.18. The van der Waals surface area contributed by atoms with Gasteiger partial charge in [0, 0.05) is 18.7 Å². The van der Waals surface area contributed by atoms with E-state index in [1.807, 2.05) is 0 Å². The lowest BCUT2D eigenvalue weighted by atomic mass is 10.0. The van der Waals surface area contributed by atoms with Gasteiger partial charge in [0.25, 0.3) is 5.69 Å². The van der Waals surface area contributed by atoms with E-state index in [1.54, 1.807) is 0 Å². The standard InChI is InChI=1S/C17H15F3N2O3/c18-17(19,20)12-5-3-4-11(8-12)15-9-13(23)10-21(15)16(24)14-6-1-2-7-22(14)25/h1-8,13,15,23H,9-10H2/t13-,15+/m0/s1. The number of hydrogen-bond acceptors (Lipinski definition) is 3. The number of aliphatic hydroxyl groups excluding tert-OH is 1. The van der Waals surface area contributed by atoms with Crippen LogP contribution in [-0.4, -0.2) is 28.6 Å². The topological polar surface area (TPSA) is 67.5 Å². The molecule has 3 rings (SSSR count). The van der Waals surface area contributed by atoms with E-state index in [9.17, 15) is 28.3 Å². The molecule has 2 atom stereocenters. The van der Waals surface area contributed by atoms with Gasteiger partial charge in [-0.2, -0.15) is 17.9 Å². The minimum Gasteiger partial charge on any atom is -0.618 e. The predicted octanol–water partition coefficient (Wildman–Crippen LogP) is 2.29. The van der Waals surface area contributed by atoms with Crippen LogP contribution in [0.4, 0.5) is 13.2 Å². The van der Waals surface area contributed by atoms with Gasteiger partial charge in [0.2, 0.25) is 0 Å². The molecule has 0 bridgehead atoms. The Balaban J connectivity index is 1.95. The number of likely N-dealkylation sites (tertiary alicyclic amines) is 1. The molecule has 0 unspecified atom stereocenters. The molecule has 2 heterocycles. The van der Waals surface area contributed by atoms with Crippen molar-refractivity contribution in [2.24, 2.45) is 0 Å². The highest BCUT2D eigenvalue weighted by atomic mass is 19.4. The molecule has 1 amide bonds. The lowest BCUT2D eigenvalue weighted by Crippen LogP contribution is -2.41. The first-order valence-electron chi connectivity index (χ1n) is 7.62. The molecule has 0 radical (unpaired) electrons. The molecule has 8 heteroatoms. The van der Waals surface area contributed by atoms with E-state index < -0.39 is 29.8 Å². The highest BCUT2D eigenvalue weighted by Gasteiger charge is 2.39. The first kappa shape index (κ1) is 17.2. The van der Waals surface area contributed by atoms with Crippen molar-refractivity contribution in [3.63, 3.8) is 0 Å². The summed E-state index contributed by atoms with van der Waals surface area (Å²) in [7, 11) is 0. The maximum absolute atomic E-state index is 12.9. The van der Waals surface area contributed by atoms with Gasteiger partial charge < -0.3 is 15.2 Å². The average molecular weight is 352 g/mol. The molecule has 0 saturated carbocycles. The van der Waals surface area contributed by atoms with Crippen molar-refractivity contribution < 1.29 is 27.8 Å². The molecule has 5 nitrogen and oxygen atoms in total. The molecule has 1 N–H and O–H groups in total. The van der Waals surface area contributed by atoms with Crippen LogP contribution in [0.2, 0.25) is 0 Å². The Hall–Kier alpha value is -2.61. The number of benzene rings is 1. The van der Waals surface area contributed by atoms with Crippen LogP contribution in [0.3, 0.4) is 0 Å². The van der Waals surface area contributed by atoms with E-state index in [4.69, 9.17) is 0 Å². The Morgan fingerprint density at radius 1 is 1.24 bits per heavy atom. The molecule has 1 aromatic heterocycles. The quantitative estimate of drug-likeness (QED) is 0.666. The molecule has 25 heavy (non-hydrogen) atoms. The molecular formula is C17H15F3N2O3. The number of hydrogen-bond donors (Lipinski definition) is 1. The van der Waals surface area contributed by atoms with Crippen LogP contribution < -0.4 is 4.73 Å². The second kappa shape index (κ2) is 6.36. The van der Waals surface area contributed by atoms with E-state index >= 15 is 0 Å². The van der Waals surface area contributed by atoms with Crippen LogP contribution >= 0.6 is 0 Å². The van der Waals surface area contributed by atoms with E-state index in [1.165, 1.54) is 41.4 Å². The van der Waals surface area contributed by atoms with Gasteiger partial charge in [-0.3, -0.25) is 4.79 Å². The molecule has 1 aliphatic heterocycles. The van der Waals surface area contributed by atoms with E-state index in [2.05, 4.69) is 0 Å². The number of amides is 1. The summed E-state index contributed by atoms with van der Waals surface area (Å²) in [5, 5.41) is 21.7. The van der Waals surface area contributed by atoms with Gasteiger partial charge >= 0.3 is 12.1 Å². The summed E-state index contributed by atoms with van der Waals surface area (Å²) in [5.74, 6) is -0.630. The fourth-order valence-corrected chi connectivity index (χ4v) is 3.02. The summed E-state index contributed by atoms with van der Waals surface area (Å²) in [6, 6.07) is 8.26. The fraction of sp³-hybridized carbons (Fsp3) is 0.294. The molecule has 1 fully saturated rings. The number of halogens is 3. The lowest BCUT2D eigenvalue weighted by Gasteiger charge is -2.24. The van der Waals surface area contributed by atoms with E-state index in [0.717, 1.165) is 12.1 Å². The van der Waals surface area contributed by atoms with Gasteiger partial charge in [-0.15, -0.1) is 0 Å². The van der Waals surface area contributed by atoms with Crippen molar-refractivity contribution in [3.8, 4) is 0 Å². The summed E-state index contributed by atoms with van der Waals surface area (Å²) in [6.07, 6.45) is -4.09. The Kier molecular flexibility index (Phi) is 4.38. The Bertz CT molecular complexity index is 795. The van der Waals surface area contributed by atoms with Crippen molar-refractivity contribution in [1.82, 2.24) is 4.90 Å². The summed E-state index contributed by atoms with van der Waals surface area (Å²) >= 11 is 0. The Labute approximate surface area is 141 Å². The molecule has 0 aliphatic carbocycles. The first-order chi connectivity index (χ1) is 11.8.